The standard InChI is InChI=1S/C40H50N8O7/c41-36(50)35(49)32(17-9-10-20-43-40(54)55-25-27-13-5-2-6-14-27)44-38(52)34-23-31(46-47-42)24-48(34)39(53)33(21-26-11-3-1-4-12-26)45-37(51)30-19-18-28-15-7-8-16-29(28)22-30/h2,5-8,13-16,18-19,22,26,31-35,49H,1,3-4,9-12,17,20-21,23-25H2,(H2,41,50)(H,43,54)(H,44,52)(H,45,51)/t31-,32?,33-,34+,35?/m1/s1. The highest BCUT2D eigenvalue weighted by molar-refractivity contribution is 6.01. The van der Waals surface area contributed by atoms with Crippen molar-refractivity contribution in [3.63, 3.8) is 0 Å². The van der Waals surface area contributed by atoms with Crippen molar-refractivity contribution in [2.45, 2.75) is 101 Å². The second-order valence-corrected chi connectivity index (χ2v) is 14.4. The number of fused-ring (bicyclic) bond motifs is 1. The second-order valence-electron chi connectivity index (χ2n) is 14.4. The number of ether oxygens (including phenoxy) is 1. The Morgan fingerprint density at radius 3 is 2.40 bits per heavy atom. The van der Waals surface area contributed by atoms with Gasteiger partial charge in [-0.05, 0) is 72.0 Å². The van der Waals surface area contributed by atoms with Crippen LogP contribution < -0.4 is 21.7 Å². The van der Waals surface area contributed by atoms with Gasteiger partial charge in [0.15, 0.2) is 6.10 Å². The van der Waals surface area contributed by atoms with Crippen LogP contribution in [0.25, 0.3) is 21.2 Å². The lowest BCUT2D eigenvalue weighted by Crippen LogP contribution is -2.57. The van der Waals surface area contributed by atoms with E-state index in [1.165, 1.54) is 4.90 Å². The third-order valence-corrected chi connectivity index (χ3v) is 10.4. The number of amides is 5. The highest BCUT2D eigenvalue weighted by Crippen LogP contribution is 2.30. The zero-order chi connectivity index (χ0) is 39.2. The van der Waals surface area contributed by atoms with Gasteiger partial charge in [-0.15, -0.1) is 0 Å². The smallest absolute Gasteiger partial charge is 0.407 e. The van der Waals surface area contributed by atoms with Gasteiger partial charge in [0.1, 0.15) is 18.7 Å². The van der Waals surface area contributed by atoms with Crippen molar-refractivity contribution < 1.29 is 33.8 Å². The van der Waals surface area contributed by atoms with Crippen LogP contribution >= 0.6 is 0 Å². The fourth-order valence-electron chi connectivity index (χ4n) is 7.45. The molecule has 15 heteroatoms. The van der Waals surface area contributed by atoms with E-state index in [4.69, 9.17) is 10.5 Å². The van der Waals surface area contributed by atoms with Crippen LogP contribution in [0.1, 0.15) is 80.1 Å². The lowest BCUT2D eigenvalue weighted by molar-refractivity contribution is -0.141. The number of nitrogens with one attached hydrogen (secondary N) is 3. The molecule has 2 unspecified atom stereocenters. The Kier molecular flexibility index (Phi) is 14.8. The molecule has 0 spiro atoms. The summed E-state index contributed by atoms with van der Waals surface area (Å²) < 4.78 is 5.21. The van der Waals surface area contributed by atoms with Crippen LogP contribution in [0.4, 0.5) is 4.79 Å². The number of unbranched alkanes of at least 4 members (excludes halogenated alkanes) is 1. The Bertz CT molecular complexity index is 1850. The lowest BCUT2D eigenvalue weighted by atomic mass is 9.84. The second kappa shape index (κ2) is 20.1. The van der Waals surface area contributed by atoms with Gasteiger partial charge in [0, 0.05) is 23.6 Å². The number of hydrogen-bond donors (Lipinski definition) is 5. The molecule has 1 saturated heterocycles. The summed E-state index contributed by atoms with van der Waals surface area (Å²) in [5, 5.41) is 24.7. The third-order valence-electron chi connectivity index (χ3n) is 10.4. The molecule has 0 radical (unpaired) electrons. The van der Waals surface area contributed by atoms with Crippen LogP contribution in [-0.4, -0.2) is 83.1 Å². The van der Waals surface area contributed by atoms with Gasteiger partial charge in [-0.1, -0.05) is 97.9 Å². The summed E-state index contributed by atoms with van der Waals surface area (Å²) in [7, 11) is 0. The van der Waals surface area contributed by atoms with E-state index in [0.29, 0.717) is 24.8 Å². The number of hydrogen-bond acceptors (Lipinski definition) is 8. The molecule has 55 heavy (non-hydrogen) atoms. The Morgan fingerprint density at radius 2 is 1.67 bits per heavy atom. The molecule has 0 bridgehead atoms. The fraction of sp³-hybridized carbons (Fsp3) is 0.475. The average molecular weight is 755 g/mol. The summed E-state index contributed by atoms with van der Waals surface area (Å²) in [6, 6.07) is 18.3. The number of rotatable bonds is 17. The number of aliphatic hydroxyl groups is 1. The molecule has 1 aliphatic heterocycles. The largest absolute Gasteiger partial charge is 0.445 e. The topological polar surface area (TPSA) is 229 Å². The van der Waals surface area contributed by atoms with E-state index >= 15 is 0 Å². The van der Waals surface area contributed by atoms with E-state index in [-0.39, 0.29) is 38.5 Å². The molecule has 2 fully saturated rings. The molecule has 1 heterocycles. The SMILES string of the molecule is [N-]=[N+]=N[C@@H]1C[C@@H](C(=O)NC(CCCCNC(=O)OCc2ccccc2)C(O)C(N)=O)N(C(=O)[C@@H](CC2CCCCC2)NC(=O)c2ccc3ccccc3c2)C1. The molecule has 3 aromatic carbocycles. The molecule has 5 rings (SSSR count). The van der Waals surface area contributed by atoms with Gasteiger partial charge >= 0.3 is 6.09 Å². The molecule has 1 saturated carbocycles. The summed E-state index contributed by atoms with van der Waals surface area (Å²) in [5.41, 5.74) is 15.9. The predicted octanol–water partition coefficient (Wildman–Crippen LogP) is 4.62. The lowest BCUT2D eigenvalue weighted by Gasteiger charge is -2.32. The average Bonchev–Trinajstić information content (AvgIpc) is 3.63. The summed E-state index contributed by atoms with van der Waals surface area (Å²) in [6.07, 6.45) is 3.99. The van der Waals surface area contributed by atoms with E-state index in [0.717, 1.165) is 48.4 Å². The first-order valence-electron chi connectivity index (χ1n) is 19.0. The minimum absolute atomic E-state index is 0.00476. The van der Waals surface area contributed by atoms with Gasteiger partial charge in [-0.2, -0.15) is 0 Å². The van der Waals surface area contributed by atoms with Gasteiger partial charge in [0.2, 0.25) is 17.7 Å². The normalized spacial score (nSPS) is 18.7. The predicted molar refractivity (Wildman–Crippen MR) is 205 cm³/mol. The van der Waals surface area contributed by atoms with E-state index in [9.17, 15) is 34.6 Å². The monoisotopic (exact) mass is 754 g/mol. The Hall–Kier alpha value is -5.66. The van der Waals surface area contributed by atoms with Crippen molar-refractivity contribution in [2.24, 2.45) is 16.8 Å². The number of carbonyl (C=O) groups is 5. The summed E-state index contributed by atoms with van der Waals surface area (Å²) in [5.74, 6) is -2.40. The van der Waals surface area contributed by atoms with Crippen molar-refractivity contribution >= 4 is 40.5 Å². The maximum absolute atomic E-state index is 14.4. The number of likely N-dealkylation sites (tertiary alicyclic amines) is 1. The molecule has 292 valence electrons. The van der Waals surface area contributed by atoms with E-state index in [2.05, 4.69) is 26.0 Å². The maximum Gasteiger partial charge on any atom is 0.407 e. The number of carbonyl (C=O) groups excluding carboxylic acids is 5. The number of nitrogens with zero attached hydrogens (tertiary/aromatic N) is 4. The number of benzene rings is 3. The van der Waals surface area contributed by atoms with Gasteiger partial charge in [-0.25, -0.2) is 4.79 Å². The Morgan fingerprint density at radius 1 is 0.945 bits per heavy atom. The van der Waals surface area contributed by atoms with Gasteiger partial charge in [0.05, 0.1) is 12.1 Å². The highest BCUT2D eigenvalue weighted by atomic mass is 16.5. The molecular weight excluding hydrogens is 704 g/mol. The van der Waals surface area contributed by atoms with Crippen molar-refractivity contribution in [1.29, 1.82) is 0 Å². The molecule has 5 amide bonds. The Balaban J connectivity index is 1.25. The van der Waals surface area contributed by atoms with Crippen LogP contribution in [0.5, 0.6) is 0 Å². The fourth-order valence-corrected chi connectivity index (χ4v) is 7.45. The quantitative estimate of drug-likeness (QED) is 0.0568. The van der Waals surface area contributed by atoms with Crippen LogP contribution in [0, 0.1) is 5.92 Å². The van der Waals surface area contributed by atoms with Gasteiger partial charge < -0.3 is 36.4 Å². The molecule has 2 aliphatic rings. The zero-order valence-corrected chi connectivity index (χ0v) is 30.8. The number of alkyl carbamates (subject to hydrolysis) is 1. The van der Waals surface area contributed by atoms with E-state index < -0.39 is 60.0 Å². The Labute approximate surface area is 320 Å². The number of nitrogens with two attached hydrogens (primary N) is 1. The van der Waals surface area contributed by atoms with Crippen molar-refractivity contribution in [1.82, 2.24) is 20.9 Å². The maximum atomic E-state index is 14.4. The van der Waals surface area contributed by atoms with Gasteiger partial charge in [0.25, 0.3) is 5.91 Å². The minimum Gasteiger partial charge on any atom is -0.445 e. The van der Waals surface area contributed by atoms with Crippen molar-refractivity contribution in [2.75, 3.05) is 13.1 Å². The highest BCUT2D eigenvalue weighted by Gasteiger charge is 2.43. The first-order chi connectivity index (χ1) is 26.6. The van der Waals surface area contributed by atoms with Gasteiger partial charge in [-0.3, -0.25) is 19.2 Å². The first kappa shape index (κ1) is 40.5. The molecule has 0 aromatic heterocycles. The van der Waals surface area contributed by atoms with Crippen LogP contribution in [0.3, 0.4) is 0 Å². The summed E-state index contributed by atoms with van der Waals surface area (Å²) >= 11 is 0. The molecule has 1 aliphatic carbocycles. The summed E-state index contributed by atoms with van der Waals surface area (Å²) in [6.45, 7) is 0.307. The van der Waals surface area contributed by atoms with Crippen LogP contribution in [-0.2, 0) is 25.7 Å². The molecule has 6 N–H and O–H groups in total. The molecule has 15 nitrogen and oxygen atoms in total. The van der Waals surface area contributed by atoms with Crippen LogP contribution in [0.2, 0.25) is 0 Å². The molecular formula is C40H50N8O7. The zero-order valence-electron chi connectivity index (χ0n) is 30.8. The van der Waals surface area contributed by atoms with E-state index in [1.807, 2.05) is 60.7 Å². The summed E-state index contributed by atoms with van der Waals surface area (Å²) in [4.78, 5) is 70.5. The van der Waals surface area contributed by atoms with Crippen molar-refractivity contribution in [3.05, 3.63) is 94.4 Å². The number of azide groups is 1. The van der Waals surface area contributed by atoms with Crippen LogP contribution in [0.15, 0.2) is 77.9 Å². The van der Waals surface area contributed by atoms with Crippen molar-refractivity contribution in [3.8, 4) is 0 Å². The number of aliphatic hydroxyl groups excluding tert-OH is 1. The first-order valence-corrected chi connectivity index (χ1v) is 19.0. The van der Waals surface area contributed by atoms with E-state index in [1.54, 1.807) is 12.1 Å². The molecule has 3 aromatic rings. The molecule has 5 atom stereocenters. The third kappa shape index (κ3) is 11.7. The minimum atomic E-state index is -1.73. The number of primary amides is 1.